The van der Waals surface area contributed by atoms with Gasteiger partial charge in [0.2, 0.25) is 5.82 Å². The Hall–Kier alpha value is -2.84. The molecule has 8 heteroatoms. The molecule has 0 fully saturated rings. The van der Waals surface area contributed by atoms with E-state index in [1.807, 2.05) is 30.3 Å². The van der Waals surface area contributed by atoms with Crippen molar-refractivity contribution in [1.29, 1.82) is 0 Å². The molecule has 2 N–H and O–H groups in total. The number of hydrogen-bond acceptors (Lipinski definition) is 6. The van der Waals surface area contributed by atoms with Gasteiger partial charge in [-0.15, -0.1) is 10.2 Å². The van der Waals surface area contributed by atoms with Gasteiger partial charge in [0.05, 0.1) is 4.90 Å². The number of aromatic nitrogens is 4. The van der Waals surface area contributed by atoms with Gasteiger partial charge in [-0.1, -0.05) is 42.5 Å². The summed E-state index contributed by atoms with van der Waals surface area (Å²) in [7, 11) is -3.45. The van der Waals surface area contributed by atoms with E-state index in [0.717, 1.165) is 29.8 Å². The zero-order valence-electron chi connectivity index (χ0n) is 14.1. The van der Waals surface area contributed by atoms with E-state index in [-0.39, 0.29) is 10.7 Å². The SMILES string of the molecule is CS(=O)(=O)c1cccc(-c2ccc(C3=CCNC3)cc2)c1-c1nn[nH]n1. The van der Waals surface area contributed by atoms with Gasteiger partial charge in [-0.25, -0.2) is 8.42 Å². The molecular weight excluding hydrogens is 350 g/mol. The van der Waals surface area contributed by atoms with Crippen LogP contribution in [0.5, 0.6) is 0 Å². The number of H-pyrrole nitrogens is 1. The number of nitrogens with zero attached hydrogens (tertiary/aromatic N) is 3. The lowest BCUT2D eigenvalue weighted by Gasteiger charge is -2.12. The van der Waals surface area contributed by atoms with Crippen LogP contribution in [0, 0.1) is 0 Å². The quantitative estimate of drug-likeness (QED) is 0.731. The van der Waals surface area contributed by atoms with Gasteiger partial charge >= 0.3 is 0 Å². The molecule has 0 saturated carbocycles. The third kappa shape index (κ3) is 3.04. The van der Waals surface area contributed by atoms with E-state index in [9.17, 15) is 8.42 Å². The predicted molar refractivity (Wildman–Crippen MR) is 99.0 cm³/mol. The van der Waals surface area contributed by atoms with Crippen LogP contribution in [0.4, 0.5) is 0 Å². The summed E-state index contributed by atoms with van der Waals surface area (Å²) in [6, 6.07) is 13.2. The van der Waals surface area contributed by atoms with E-state index in [1.54, 1.807) is 12.1 Å². The van der Waals surface area contributed by atoms with Crippen LogP contribution in [-0.2, 0) is 9.84 Å². The third-order valence-electron chi connectivity index (χ3n) is 4.37. The molecule has 0 amide bonds. The van der Waals surface area contributed by atoms with Crippen LogP contribution in [-0.4, -0.2) is 48.4 Å². The number of aromatic amines is 1. The van der Waals surface area contributed by atoms with Crippen molar-refractivity contribution in [3.63, 3.8) is 0 Å². The number of rotatable bonds is 4. The van der Waals surface area contributed by atoms with Crippen molar-refractivity contribution in [2.24, 2.45) is 0 Å². The number of hydrogen-bond donors (Lipinski definition) is 2. The Kier molecular flexibility index (Phi) is 4.14. The minimum absolute atomic E-state index is 0.183. The van der Waals surface area contributed by atoms with Crippen LogP contribution >= 0.6 is 0 Å². The van der Waals surface area contributed by atoms with Crippen molar-refractivity contribution in [3.8, 4) is 22.5 Å². The summed E-state index contributed by atoms with van der Waals surface area (Å²) in [5.74, 6) is 0.257. The Morgan fingerprint density at radius 1 is 1.04 bits per heavy atom. The highest BCUT2D eigenvalue weighted by atomic mass is 32.2. The standard InChI is InChI=1S/C18H17N5O2S/c1-26(24,25)16-4-2-3-15(17(16)18-20-22-23-21-18)13-7-5-12(6-8-13)14-9-10-19-11-14/h2-9,19H,10-11H2,1H3,(H,20,21,22,23). The van der Waals surface area contributed by atoms with E-state index in [0.29, 0.717) is 5.56 Å². The lowest BCUT2D eigenvalue weighted by molar-refractivity contribution is 0.602. The van der Waals surface area contributed by atoms with E-state index in [1.165, 1.54) is 11.8 Å². The topological polar surface area (TPSA) is 101 Å². The molecule has 0 atom stereocenters. The number of nitrogens with one attached hydrogen (secondary N) is 2. The molecule has 1 aliphatic heterocycles. The van der Waals surface area contributed by atoms with E-state index in [4.69, 9.17) is 0 Å². The van der Waals surface area contributed by atoms with Gasteiger partial charge in [0.15, 0.2) is 9.84 Å². The minimum Gasteiger partial charge on any atom is -0.309 e. The maximum absolute atomic E-state index is 12.3. The van der Waals surface area contributed by atoms with Crippen molar-refractivity contribution in [2.75, 3.05) is 19.3 Å². The first kappa shape index (κ1) is 16.6. The maximum Gasteiger partial charge on any atom is 0.206 e. The molecule has 26 heavy (non-hydrogen) atoms. The van der Waals surface area contributed by atoms with Crippen molar-refractivity contribution < 1.29 is 8.42 Å². The van der Waals surface area contributed by atoms with Crippen LogP contribution in [0.2, 0.25) is 0 Å². The van der Waals surface area contributed by atoms with Crippen LogP contribution < -0.4 is 5.32 Å². The molecule has 132 valence electrons. The van der Waals surface area contributed by atoms with Crippen LogP contribution in [0.25, 0.3) is 28.1 Å². The van der Waals surface area contributed by atoms with Crippen LogP contribution in [0.15, 0.2) is 53.4 Å². The average Bonchev–Trinajstić information content (AvgIpc) is 3.34. The lowest BCUT2D eigenvalue weighted by Crippen LogP contribution is -2.07. The van der Waals surface area contributed by atoms with Gasteiger partial charge < -0.3 is 5.32 Å². The molecule has 7 nitrogen and oxygen atoms in total. The first-order chi connectivity index (χ1) is 12.5. The van der Waals surface area contributed by atoms with Crippen molar-refractivity contribution in [1.82, 2.24) is 25.9 Å². The summed E-state index contributed by atoms with van der Waals surface area (Å²) < 4.78 is 24.5. The fourth-order valence-corrected chi connectivity index (χ4v) is 4.03. The monoisotopic (exact) mass is 367 g/mol. The second-order valence-corrected chi connectivity index (χ2v) is 8.11. The zero-order valence-corrected chi connectivity index (χ0v) is 14.9. The fourth-order valence-electron chi connectivity index (χ4n) is 3.14. The molecule has 0 spiro atoms. The Balaban J connectivity index is 1.86. The van der Waals surface area contributed by atoms with Crippen molar-refractivity contribution in [2.45, 2.75) is 4.90 Å². The zero-order chi connectivity index (χ0) is 18.1. The molecule has 0 bridgehead atoms. The summed E-state index contributed by atoms with van der Waals surface area (Å²) in [6.45, 7) is 1.74. The maximum atomic E-state index is 12.3. The molecule has 1 aromatic heterocycles. The van der Waals surface area contributed by atoms with Gasteiger partial charge in [-0.3, -0.25) is 0 Å². The highest BCUT2D eigenvalue weighted by Crippen LogP contribution is 2.35. The molecule has 0 aliphatic carbocycles. The molecule has 2 aromatic carbocycles. The highest BCUT2D eigenvalue weighted by Gasteiger charge is 2.22. The summed E-state index contributed by atoms with van der Waals surface area (Å²) in [4.78, 5) is 0.183. The Morgan fingerprint density at radius 3 is 2.42 bits per heavy atom. The summed E-state index contributed by atoms with van der Waals surface area (Å²) >= 11 is 0. The molecule has 0 unspecified atom stereocenters. The molecule has 0 radical (unpaired) electrons. The van der Waals surface area contributed by atoms with Crippen molar-refractivity contribution in [3.05, 3.63) is 54.1 Å². The Morgan fingerprint density at radius 2 is 1.81 bits per heavy atom. The van der Waals surface area contributed by atoms with E-state index < -0.39 is 9.84 Å². The lowest BCUT2D eigenvalue weighted by atomic mass is 9.96. The first-order valence-electron chi connectivity index (χ1n) is 8.11. The Labute approximate surface area is 151 Å². The summed E-state index contributed by atoms with van der Waals surface area (Å²) in [5, 5.41) is 17.2. The normalized spacial score (nSPS) is 14.4. The highest BCUT2D eigenvalue weighted by molar-refractivity contribution is 7.90. The van der Waals surface area contributed by atoms with Gasteiger partial charge in [-0.2, -0.15) is 5.21 Å². The smallest absolute Gasteiger partial charge is 0.206 e. The van der Waals surface area contributed by atoms with Gasteiger partial charge in [-0.05, 0) is 33.5 Å². The number of tetrazole rings is 1. The van der Waals surface area contributed by atoms with Crippen LogP contribution in [0.1, 0.15) is 5.56 Å². The predicted octanol–water partition coefficient (Wildman–Crippen LogP) is 1.92. The van der Waals surface area contributed by atoms with Crippen molar-refractivity contribution >= 4 is 15.4 Å². The number of sulfone groups is 1. The second-order valence-electron chi connectivity index (χ2n) is 6.12. The molecule has 2 heterocycles. The van der Waals surface area contributed by atoms with E-state index >= 15 is 0 Å². The average molecular weight is 367 g/mol. The molecule has 0 saturated heterocycles. The van der Waals surface area contributed by atoms with Gasteiger partial charge in [0, 0.05) is 24.9 Å². The minimum atomic E-state index is -3.45. The second kappa shape index (κ2) is 6.47. The van der Waals surface area contributed by atoms with E-state index in [2.05, 4.69) is 32.0 Å². The molecular formula is C18H17N5O2S. The summed E-state index contributed by atoms with van der Waals surface area (Å²) in [6.07, 6.45) is 3.35. The first-order valence-corrected chi connectivity index (χ1v) is 10.0. The van der Waals surface area contributed by atoms with Gasteiger partial charge in [0.1, 0.15) is 0 Å². The number of benzene rings is 2. The third-order valence-corrected chi connectivity index (χ3v) is 5.51. The van der Waals surface area contributed by atoms with Gasteiger partial charge in [0.25, 0.3) is 0 Å². The molecule has 4 rings (SSSR count). The fraction of sp³-hybridized carbons (Fsp3) is 0.167. The Bertz CT molecular complexity index is 1070. The molecule has 3 aromatic rings. The molecule has 1 aliphatic rings. The van der Waals surface area contributed by atoms with Crippen LogP contribution in [0.3, 0.4) is 0 Å². The summed E-state index contributed by atoms with van der Waals surface area (Å²) in [5.41, 5.74) is 4.52. The largest absolute Gasteiger partial charge is 0.309 e.